The fourth-order valence-electron chi connectivity index (χ4n) is 1.01. The van der Waals surface area contributed by atoms with E-state index < -0.39 is 11.5 Å². The predicted molar refractivity (Wildman–Crippen MR) is 47.7 cm³/mol. The van der Waals surface area contributed by atoms with Crippen molar-refractivity contribution in [3.05, 3.63) is 34.2 Å². The number of aliphatic carboxylic acids is 1. The van der Waals surface area contributed by atoms with Gasteiger partial charge in [0, 0.05) is 12.7 Å². The van der Waals surface area contributed by atoms with Gasteiger partial charge in [0.25, 0.3) is 5.56 Å². The Labute approximate surface area is 79.8 Å². The molecule has 1 rings (SSSR count). The molecule has 72 valence electrons. The van der Waals surface area contributed by atoms with Crippen LogP contribution < -0.4 is 5.56 Å². The first kappa shape index (κ1) is 9.99. The Kier molecular flexibility index (Phi) is 3.02. The molecule has 5 heteroatoms. The van der Waals surface area contributed by atoms with Crippen LogP contribution in [-0.4, -0.2) is 15.6 Å². The van der Waals surface area contributed by atoms with Gasteiger partial charge in [-0.1, -0.05) is 0 Å². The lowest BCUT2D eigenvalue weighted by molar-refractivity contribution is -0.137. The molecule has 1 aromatic heterocycles. The minimum atomic E-state index is -0.973. The van der Waals surface area contributed by atoms with Crippen LogP contribution in [0.15, 0.2) is 23.1 Å². The molecule has 0 aliphatic carbocycles. The number of nitrogens with zero attached hydrogens (tertiary/aromatic N) is 2. The minimum absolute atomic E-state index is 0.0258. The maximum absolute atomic E-state index is 11.4. The Balaban J connectivity index is 2.94. The van der Waals surface area contributed by atoms with Crippen molar-refractivity contribution >= 4 is 5.97 Å². The van der Waals surface area contributed by atoms with Gasteiger partial charge in [-0.25, -0.2) is 0 Å². The van der Waals surface area contributed by atoms with E-state index >= 15 is 0 Å². The number of aryl methyl sites for hydroxylation is 1. The Morgan fingerprint density at radius 2 is 2.36 bits per heavy atom. The van der Waals surface area contributed by atoms with Gasteiger partial charge >= 0.3 is 5.97 Å². The molecular weight excluding hydrogens is 184 g/mol. The highest BCUT2D eigenvalue weighted by Crippen LogP contribution is 1.91. The van der Waals surface area contributed by atoms with Crippen molar-refractivity contribution in [1.82, 2.24) is 4.57 Å². The molecular formula is C9H8N2O3. The molecule has 0 aliphatic heterocycles. The fraction of sp³-hybridized carbons (Fsp3) is 0.222. The van der Waals surface area contributed by atoms with Gasteiger partial charge < -0.3 is 9.67 Å². The predicted octanol–water partition coefficient (Wildman–Crippen LogP) is 0.195. The molecule has 0 radical (unpaired) electrons. The van der Waals surface area contributed by atoms with Crippen LogP contribution in [0.5, 0.6) is 0 Å². The van der Waals surface area contributed by atoms with E-state index in [1.165, 1.54) is 16.8 Å². The number of hydrogen-bond acceptors (Lipinski definition) is 3. The minimum Gasteiger partial charge on any atom is -0.481 e. The lowest BCUT2D eigenvalue weighted by Gasteiger charge is -2.02. The first-order chi connectivity index (χ1) is 6.65. The van der Waals surface area contributed by atoms with Crippen molar-refractivity contribution in [2.45, 2.75) is 13.0 Å². The first-order valence-electron chi connectivity index (χ1n) is 3.96. The highest BCUT2D eigenvalue weighted by Gasteiger charge is 2.03. The number of hydrogen-bond donors (Lipinski definition) is 1. The van der Waals surface area contributed by atoms with E-state index in [-0.39, 0.29) is 18.5 Å². The Hall–Kier alpha value is -2.09. The molecule has 14 heavy (non-hydrogen) atoms. The first-order valence-corrected chi connectivity index (χ1v) is 3.96. The number of aromatic nitrogens is 1. The molecule has 0 saturated heterocycles. The summed E-state index contributed by atoms with van der Waals surface area (Å²) in [6.45, 7) is 0.0870. The molecule has 5 nitrogen and oxygen atoms in total. The van der Waals surface area contributed by atoms with Crippen LogP contribution in [0.25, 0.3) is 0 Å². The highest BCUT2D eigenvalue weighted by molar-refractivity contribution is 5.66. The third-order valence-corrected chi connectivity index (χ3v) is 1.71. The van der Waals surface area contributed by atoms with Crippen LogP contribution >= 0.6 is 0 Å². The smallest absolute Gasteiger partial charge is 0.305 e. The van der Waals surface area contributed by atoms with Crippen molar-refractivity contribution in [1.29, 1.82) is 5.26 Å². The van der Waals surface area contributed by atoms with E-state index in [4.69, 9.17) is 10.4 Å². The second-order valence-electron chi connectivity index (χ2n) is 2.68. The van der Waals surface area contributed by atoms with E-state index in [9.17, 15) is 9.59 Å². The highest BCUT2D eigenvalue weighted by atomic mass is 16.4. The number of carboxylic acid groups (broad SMARTS) is 1. The summed E-state index contributed by atoms with van der Waals surface area (Å²) in [5.41, 5.74) is -0.422. The average molecular weight is 192 g/mol. The summed E-state index contributed by atoms with van der Waals surface area (Å²) in [6, 6.07) is 4.69. The summed E-state index contributed by atoms with van der Waals surface area (Å²) < 4.78 is 1.21. The largest absolute Gasteiger partial charge is 0.481 e. The molecule has 0 bridgehead atoms. The van der Waals surface area contributed by atoms with Crippen LogP contribution in [-0.2, 0) is 11.3 Å². The van der Waals surface area contributed by atoms with Crippen molar-refractivity contribution in [2.24, 2.45) is 0 Å². The monoisotopic (exact) mass is 192 g/mol. The van der Waals surface area contributed by atoms with Gasteiger partial charge in [0.2, 0.25) is 0 Å². The van der Waals surface area contributed by atoms with E-state index in [1.807, 2.05) is 0 Å². The van der Waals surface area contributed by atoms with E-state index in [1.54, 1.807) is 12.1 Å². The van der Waals surface area contributed by atoms with Gasteiger partial charge in [-0.3, -0.25) is 9.59 Å². The van der Waals surface area contributed by atoms with Crippen LogP contribution in [0, 0.1) is 11.3 Å². The van der Waals surface area contributed by atoms with Gasteiger partial charge in [-0.15, -0.1) is 0 Å². The average Bonchev–Trinajstić information content (AvgIpc) is 2.16. The number of carboxylic acids is 1. The van der Waals surface area contributed by atoms with Crippen molar-refractivity contribution < 1.29 is 9.90 Å². The number of carbonyl (C=O) groups is 1. The zero-order valence-electron chi connectivity index (χ0n) is 7.30. The van der Waals surface area contributed by atoms with Gasteiger partial charge in [-0.05, 0) is 12.1 Å². The van der Waals surface area contributed by atoms with Crippen LogP contribution in [0.4, 0.5) is 0 Å². The Bertz CT molecular complexity index is 442. The van der Waals surface area contributed by atoms with Gasteiger partial charge in [0.1, 0.15) is 11.6 Å². The lowest BCUT2D eigenvalue weighted by atomic mass is 10.3. The molecule has 1 aromatic rings. The summed E-state index contributed by atoms with van der Waals surface area (Å²) >= 11 is 0. The van der Waals surface area contributed by atoms with Crippen LogP contribution in [0.3, 0.4) is 0 Å². The SMILES string of the molecule is N#Cc1cccn(CCC(=O)O)c1=O. The molecule has 1 heterocycles. The quantitative estimate of drug-likeness (QED) is 0.741. The summed E-state index contributed by atoms with van der Waals surface area (Å²) in [5, 5.41) is 17.0. The molecule has 0 spiro atoms. The summed E-state index contributed by atoms with van der Waals surface area (Å²) in [5.74, 6) is -0.973. The normalized spacial score (nSPS) is 9.36. The van der Waals surface area contributed by atoms with Crippen LogP contribution in [0.1, 0.15) is 12.0 Å². The van der Waals surface area contributed by atoms with E-state index in [0.29, 0.717) is 0 Å². The molecule has 0 atom stereocenters. The zero-order valence-corrected chi connectivity index (χ0v) is 7.30. The number of pyridine rings is 1. The van der Waals surface area contributed by atoms with Gasteiger partial charge in [0.05, 0.1) is 6.42 Å². The van der Waals surface area contributed by atoms with Crippen molar-refractivity contribution in [3.63, 3.8) is 0 Å². The van der Waals surface area contributed by atoms with Crippen LogP contribution in [0.2, 0.25) is 0 Å². The van der Waals surface area contributed by atoms with E-state index in [2.05, 4.69) is 0 Å². The van der Waals surface area contributed by atoms with Crippen molar-refractivity contribution in [2.75, 3.05) is 0 Å². The molecule has 0 fully saturated rings. The third-order valence-electron chi connectivity index (χ3n) is 1.71. The lowest BCUT2D eigenvalue weighted by Crippen LogP contribution is -2.22. The molecule has 0 aromatic carbocycles. The summed E-state index contributed by atoms with van der Waals surface area (Å²) in [6.07, 6.45) is 1.33. The molecule has 0 aliphatic rings. The molecule has 1 N–H and O–H groups in total. The van der Waals surface area contributed by atoms with E-state index in [0.717, 1.165) is 0 Å². The maximum atomic E-state index is 11.4. The Morgan fingerprint density at radius 1 is 1.64 bits per heavy atom. The molecule has 0 unspecified atom stereocenters. The molecule has 0 amide bonds. The van der Waals surface area contributed by atoms with Crippen molar-refractivity contribution in [3.8, 4) is 6.07 Å². The maximum Gasteiger partial charge on any atom is 0.305 e. The van der Waals surface area contributed by atoms with Gasteiger partial charge in [0.15, 0.2) is 0 Å². The standard InChI is InChI=1S/C9H8N2O3/c10-6-7-2-1-4-11(9(7)14)5-3-8(12)13/h1-2,4H,3,5H2,(H,12,13). The fourth-order valence-corrected chi connectivity index (χ4v) is 1.01. The zero-order chi connectivity index (χ0) is 10.6. The summed E-state index contributed by atoms with van der Waals surface area (Å²) in [7, 11) is 0. The number of nitriles is 1. The molecule has 0 saturated carbocycles. The van der Waals surface area contributed by atoms with Gasteiger partial charge in [-0.2, -0.15) is 5.26 Å². The second-order valence-corrected chi connectivity index (χ2v) is 2.68. The third kappa shape index (κ3) is 2.20. The second kappa shape index (κ2) is 4.23. The number of rotatable bonds is 3. The summed E-state index contributed by atoms with van der Waals surface area (Å²) in [4.78, 5) is 21.6. The topological polar surface area (TPSA) is 83.1 Å². The Morgan fingerprint density at radius 3 is 2.93 bits per heavy atom.